The molecule has 0 aliphatic carbocycles. The number of nitro benzene ring substituents is 1. The monoisotopic (exact) mass is 298 g/mol. The van der Waals surface area contributed by atoms with Gasteiger partial charge in [-0.25, -0.2) is 0 Å². The van der Waals surface area contributed by atoms with Crippen LogP contribution in [-0.4, -0.2) is 34.1 Å². The molecule has 1 aliphatic rings. The van der Waals surface area contributed by atoms with Crippen molar-refractivity contribution in [1.29, 1.82) is 0 Å². The molecule has 1 aliphatic heterocycles. The van der Waals surface area contributed by atoms with Gasteiger partial charge in [0.15, 0.2) is 0 Å². The van der Waals surface area contributed by atoms with E-state index in [0.717, 1.165) is 31.5 Å². The van der Waals surface area contributed by atoms with Crippen LogP contribution in [0.3, 0.4) is 0 Å². The quantitative estimate of drug-likeness (QED) is 0.685. The zero-order chi connectivity index (χ0) is 14.7. The van der Waals surface area contributed by atoms with Crippen molar-refractivity contribution in [3.8, 4) is 0 Å². The molecular formula is C14H19ClN2O3. The maximum atomic E-state index is 10.9. The van der Waals surface area contributed by atoms with Crippen molar-refractivity contribution in [3.63, 3.8) is 0 Å². The molecule has 1 atom stereocenters. The first-order valence-electron chi connectivity index (χ1n) is 6.80. The van der Waals surface area contributed by atoms with Gasteiger partial charge in [0, 0.05) is 12.6 Å². The average molecular weight is 299 g/mol. The van der Waals surface area contributed by atoms with Gasteiger partial charge in [-0.1, -0.05) is 17.7 Å². The van der Waals surface area contributed by atoms with Crippen LogP contribution in [0, 0.1) is 16.0 Å². The van der Waals surface area contributed by atoms with Crippen molar-refractivity contribution in [3.05, 3.63) is 38.9 Å². The van der Waals surface area contributed by atoms with Gasteiger partial charge >= 0.3 is 0 Å². The predicted octanol–water partition coefficient (Wildman–Crippen LogP) is 2.84. The van der Waals surface area contributed by atoms with Gasteiger partial charge in [0.2, 0.25) is 0 Å². The van der Waals surface area contributed by atoms with Crippen molar-refractivity contribution in [2.45, 2.75) is 32.4 Å². The van der Waals surface area contributed by atoms with E-state index in [0.29, 0.717) is 12.5 Å². The second-order valence-corrected chi connectivity index (χ2v) is 5.80. The van der Waals surface area contributed by atoms with Crippen LogP contribution in [0.15, 0.2) is 18.2 Å². The normalized spacial score (nSPS) is 18.9. The lowest BCUT2D eigenvalue weighted by atomic mass is 9.92. The van der Waals surface area contributed by atoms with Crippen LogP contribution >= 0.6 is 11.6 Å². The summed E-state index contributed by atoms with van der Waals surface area (Å²) in [5.74, 6) is 0.366. The van der Waals surface area contributed by atoms with Crippen molar-refractivity contribution < 1.29 is 10.0 Å². The van der Waals surface area contributed by atoms with Crippen LogP contribution in [0.1, 0.15) is 25.3 Å². The first-order valence-corrected chi connectivity index (χ1v) is 7.18. The second-order valence-electron chi connectivity index (χ2n) is 5.40. The molecule has 0 amide bonds. The number of nitro groups is 1. The molecule has 1 aromatic rings. The molecule has 0 radical (unpaired) electrons. The smallest absolute Gasteiger partial charge is 0.288 e. The first kappa shape index (κ1) is 15.2. The third-order valence-electron chi connectivity index (χ3n) is 3.93. The summed E-state index contributed by atoms with van der Waals surface area (Å²) in [4.78, 5) is 12.7. The van der Waals surface area contributed by atoms with Crippen molar-refractivity contribution >= 4 is 17.3 Å². The molecule has 110 valence electrons. The highest BCUT2D eigenvalue weighted by Gasteiger charge is 2.23. The Bertz CT molecular complexity index is 485. The van der Waals surface area contributed by atoms with E-state index in [2.05, 4.69) is 4.90 Å². The van der Waals surface area contributed by atoms with E-state index in [-0.39, 0.29) is 16.8 Å². The fraction of sp³-hybridized carbons (Fsp3) is 0.571. The van der Waals surface area contributed by atoms with E-state index >= 15 is 0 Å². The van der Waals surface area contributed by atoms with Crippen molar-refractivity contribution in [1.82, 2.24) is 4.90 Å². The zero-order valence-electron chi connectivity index (χ0n) is 11.5. The third-order valence-corrected chi connectivity index (χ3v) is 4.25. The van der Waals surface area contributed by atoms with E-state index < -0.39 is 4.92 Å². The lowest BCUT2D eigenvalue weighted by Crippen LogP contribution is -2.36. The Kier molecular flexibility index (Phi) is 4.96. The maximum absolute atomic E-state index is 10.9. The minimum Gasteiger partial charge on any atom is -0.393 e. The number of hydrogen-bond acceptors (Lipinski definition) is 4. The van der Waals surface area contributed by atoms with Crippen LogP contribution in [0.25, 0.3) is 0 Å². The number of benzene rings is 1. The molecule has 1 N–H and O–H groups in total. The number of piperidine rings is 1. The van der Waals surface area contributed by atoms with Crippen LogP contribution in [0.2, 0.25) is 5.02 Å². The maximum Gasteiger partial charge on any atom is 0.288 e. The van der Waals surface area contributed by atoms with E-state index in [1.165, 1.54) is 0 Å². The molecule has 6 heteroatoms. The molecule has 0 bridgehead atoms. The van der Waals surface area contributed by atoms with E-state index in [1.807, 2.05) is 13.0 Å². The number of nitrogens with zero attached hydrogens (tertiary/aromatic N) is 2. The topological polar surface area (TPSA) is 66.6 Å². The molecule has 1 fully saturated rings. The molecule has 20 heavy (non-hydrogen) atoms. The molecule has 0 saturated carbocycles. The Morgan fingerprint density at radius 2 is 2.15 bits per heavy atom. The summed E-state index contributed by atoms with van der Waals surface area (Å²) in [6.45, 7) is 4.34. The lowest BCUT2D eigenvalue weighted by Gasteiger charge is -2.33. The third kappa shape index (κ3) is 3.69. The molecular weight excluding hydrogens is 280 g/mol. The van der Waals surface area contributed by atoms with Gasteiger partial charge < -0.3 is 5.11 Å². The first-order chi connectivity index (χ1) is 9.47. The Balaban J connectivity index is 1.98. The number of aliphatic hydroxyl groups excluding tert-OH is 1. The fourth-order valence-corrected chi connectivity index (χ4v) is 2.83. The van der Waals surface area contributed by atoms with Gasteiger partial charge in [-0.05, 0) is 50.4 Å². The number of rotatable bonds is 4. The summed E-state index contributed by atoms with van der Waals surface area (Å²) in [5, 5.41) is 20.6. The summed E-state index contributed by atoms with van der Waals surface area (Å²) in [5.41, 5.74) is 0.861. The van der Waals surface area contributed by atoms with E-state index in [4.69, 9.17) is 11.6 Å². The van der Waals surface area contributed by atoms with Crippen LogP contribution in [0.5, 0.6) is 0 Å². The van der Waals surface area contributed by atoms with Gasteiger partial charge in [-0.2, -0.15) is 0 Å². The molecule has 1 saturated heterocycles. The minimum atomic E-state index is -0.453. The largest absolute Gasteiger partial charge is 0.393 e. The van der Waals surface area contributed by atoms with Gasteiger partial charge in [0.05, 0.1) is 11.0 Å². The standard InChI is InChI=1S/C14H19ClN2O3/c1-10(18)12-4-6-16(7-5-12)9-11-2-3-13(15)14(8-11)17(19)20/h2-3,8,10,12,18H,4-7,9H2,1H3. The summed E-state index contributed by atoms with van der Waals surface area (Å²) < 4.78 is 0. The Labute approximate surface area is 123 Å². The molecule has 5 nitrogen and oxygen atoms in total. The van der Waals surface area contributed by atoms with Crippen LogP contribution < -0.4 is 0 Å². The van der Waals surface area contributed by atoms with Crippen molar-refractivity contribution in [2.24, 2.45) is 5.92 Å². The molecule has 0 aromatic heterocycles. The highest BCUT2D eigenvalue weighted by molar-refractivity contribution is 6.32. The van der Waals surface area contributed by atoms with E-state index in [1.54, 1.807) is 12.1 Å². The Morgan fingerprint density at radius 1 is 1.50 bits per heavy atom. The van der Waals surface area contributed by atoms with Gasteiger partial charge in [-0.15, -0.1) is 0 Å². The Hall–Kier alpha value is -1.17. The van der Waals surface area contributed by atoms with Gasteiger partial charge in [0.1, 0.15) is 5.02 Å². The van der Waals surface area contributed by atoms with Crippen LogP contribution in [-0.2, 0) is 6.54 Å². The highest BCUT2D eigenvalue weighted by Crippen LogP contribution is 2.27. The molecule has 0 spiro atoms. The minimum absolute atomic E-state index is 0.0389. The summed E-state index contributed by atoms with van der Waals surface area (Å²) in [6.07, 6.45) is 1.68. The van der Waals surface area contributed by atoms with Crippen LogP contribution in [0.4, 0.5) is 5.69 Å². The average Bonchev–Trinajstić information content (AvgIpc) is 2.41. The number of hydrogen-bond donors (Lipinski definition) is 1. The lowest BCUT2D eigenvalue weighted by molar-refractivity contribution is -0.384. The molecule has 2 rings (SSSR count). The van der Waals surface area contributed by atoms with E-state index in [9.17, 15) is 15.2 Å². The molecule has 1 heterocycles. The SMILES string of the molecule is CC(O)C1CCN(Cc2ccc(Cl)c([N+](=O)[O-])c2)CC1. The number of likely N-dealkylation sites (tertiary alicyclic amines) is 1. The molecule has 1 unspecified atom stereocenters. The number of halogens is 1. The molecule has 1 aromatic carbocycles. The second kappa shape index (κ2) is 6.52. The Morgan fingerprint density at radius 3 is 2.70 bits per heavy atom. The summed E-state index contributed by atoms with van der Waals surface area (Å²) in [7, 11) is 0. The van der Waals surface area contributed by atoms with Crippen molar-refractivity contribution in [2.75, 3.05) is 13.1 Å². The summed E-state index contributed by atoms with van der Waals surface area (Å²) >= 11 is 5.80. The predicted molar refractivity (Wildman–Crippen MR) is 77.8 cm³/mol. The van der Waals surface area contributed by atoms with Gasteiger partial charge in [0.25, 0.3) is 5.69 Å². The zero-order valence-corrected chi connectivity index (χ0v) is 12.2. The highest BCUT2D eigenvalue weighted by atomic mass is 35.5. The number of aliphatic hydroxyl groups is 1. The summed E-state index contributed by atoms with van der Waals surface area (Å²) in [6, 6.07) is 4.96. The fourth-order valence-electron chi connectivity index (χ4n) is 2.65. The van der Waals surface area contributed by atoms with Gasteiger partial charge in [-0.3, -0.25) is 15.0 Å².